The van der Waals surface area contributed by atoms with E-state index in [1.54, 1.807) is 12.3 Å². The molecule has 0 aromatic carbocycles. The van der Waals surface area contributed by atoms with Crippen molar-refractivity contribution in [1.29, 1.82) is 0 Å². The summed E-state index contributed by atoms with van der Waals surface area (Å²) in [6, 6.07) is 0. The van der Waals surface area contributed by atoms with Crippen LogP contribution in [0.1, 0.15) is 16.6 Å². The molecule has 0 bridgehead atoms. The maximum absolute atomic E-state index is 11.4. The van der Waals surface area contributed by atoms with Gasteiger partial charge in [0.2, 0.25) is 0 Å². The summed E-state index contributed by atoms with van der Waals surface area (Å²) in [4.78, 5) is 11.9. The Morgan fingerprint density at radius 2 is 2.36 bits per heavy atom. The number of ether oxygens (including phenoxy) is 3. The van der Waals surface area contributed by atoms with Crippen LogP contribution < -0.4 is 9.47 Å². The Kier molecular flexibility index (Phi) is 2.58. The highest BCUT2D eigenvalue weighted by atomic mass is 32.1. The number of hydrogen-bond donors (Lipinski definition) is 0. The van der Waals surface area contributed by atoms with Crippen LogP contribution in [0.15, 0.2) is 5.38 Å². The Morgan fingerprint density at radius 1 is 1.57 bits per heavy atom. The lowest BCUT2D eigenvalue weighted by atomic mass is 10.4. The van der Waals surface area contributed by atoms with Crippen LogP contribution in [0.4, 0.5) is 0 Å². The van der Waals surface area contributed by atoms with Crippen LogP contribution >= 0.6 is 11.3 Å². The lowest BCUT2D eigenvalue weighted by Gasteiger charge is -2.15. The zero-order valence-electron chi connectivity index (χ0n) is 7.74. The van der Waals surface area contributed by atoms with E-state index in [4.69, 9.17) is 14.2 Å². The molecule has 76 valence electrons. The third-order valence-corrected chi connectivity index (χ3v) is 2.68. The quantitative estimate of drug-likeness (QED) is 0.703. The summed E-state index contributed by atoms with van der Waals surface area (Å²) in [6.45, 7) is 3.16. The van der Waals surface area contributed by atoms with E-state index in [-0.39, 0.29) is 5.97 Å². The molecule has 2 heterocycles. The van der Waals surface area contributed by atoms with Crippen molar-refractivity contribution in [3.8, 4) is 11.5 Å². The number of carbonyl (C=O) groups is 1. The monoisotopic (exact) mass is 214 g/mol. The van der Waals surface area contributed by atoms with Crippen LogP contribution in [0.3, 0.4) is 0 Å². The molecule has 5 heteroatoms. The summed E-state index contributed by atoms with van der Waals surface area (Å²) in [5, 5.41) is 1.76. The topological polar surface area (TPSA) is 44.8 Å². The lowest BCUT2D eigenvalue weighted by Crippen LogP contribution is -2.16. The predicted molar refractivity (Wildman–Crippen MR) is 51.3 cm³/mol. The van der Waals surface area contributed by atoms with Gasteiger partial charge >= 0.3 is 5.97 Å². The van der Waals surface area contributed by atoms with Gasteiger partial charge in [0.1, 0.15) is 13.2 Å². The van der Waals surface area contributed by atoms with E-state index in [0.29, 0.717) is 36.2 Å². The van der Waals surface area contributed by atoms with Gasteiger partial charge in [-0.2, -0.15) is 0 Å². The Hall–Kier alpha value is -1.23. The van der Waals surface area contributed by atoms with Crippen LogP contribution in [0.25, 0.3) is 0 Å². The average Bonchev–Trinajstić information content (AvgIpc) is 2.61. The van der Waals surface area contributed by atoms with Gasteiger partial charge in [0, 0.05) is 5.38 Å². The molecule has 4 nitrogen and oxygen atoms in total. The van der Waals surface area contributed by atoms with E-state index in [2.05, 4.69) is 0 Å². The van der Waals surface area contributed by atoms with Gasteiger partial charge in [-0.15, -0.1) is 11.3 Å². The SMILES string of the molecule is CCOC(=O)c1scc2c1OCCO2. The smallest absolute Gasteiger partial charge is 0.352 e. The largest absolute Gasteiger partial charge is 0.485 e. The molecule has 0 radical (unpaired) electrons. The highest BCUT2D eigenvalue weighted by molar-refractivity contribution is 7.12. The fourth-order valence-electron chi connectivity index (χ4n) is 1.20. The molecular formula is C9H10O4S. The van der Waals surface area contributed by atoms with Crippen LogP contribution in [0.2, 0.25) is 0 Å². The first-order valence-corrected chi connectivity index (χ1v) is 5.25. The second-order valence-electron chi connectivity index (χ2n) is 2.68. The minimum Gasteiger partial charge on any atom is -0.485 e. The van der Waals surface area contributed by atoms with Crippen molar-refractivity contribution in [2.24, 2.45) is 0 Å². The molecule has 0 aliphatic carbocycles. The molecule has 1 aliphatic heterocycles. The maximum Gasteiger partial charge on any atom is 0.352 e. The van der Waals surface area contributed by atoms with Crippen LogP contribution in [-0.2, 0) is 4.74 Å². The summed E-state index contributed by atoms with van der Waals surface area (Å²) < 4.78 is 15.5. The fourth-order valence-corrected chi connectivity index (χ4v) is 2.02. The van der Waals surface area contributed by atoms with Gasteiger partial charge in [-0.25, -0.2) is 4.79 Å². The van der Waals surface area contributed by atoms with E-state index in [1.807, 2.05) is 0 Å². The van der Waals surface area contributed by atoms with Gasteiger partial charge in [0.15, 0.2) is 16.4 Å². The van der Waals surface area contributed by atoms with Crippen molar-refractivity contribution < 1.29 is 19.0 Å². The van der Waals surface area contributed by atoms with Gasteiger partial charge < -0.3 is 14.2 Å². The van der Waals surface area contributed by atoms with E-state index >= 15 is 0 Å². The minimum absolute atomic E-state index is 0.343. The molecule has 0 N–H and O–H groups in total. The number of carbonyl (C=O) groups excluding carboxylic acids is 1. The molecule has 14 heavy (non-hydrogen) atoms. The van der Waals surface area contributed by atoms with Gasteiger partial charge in [0.25, 0.3) is 0 Å². The Balaban J connectivity index is 2.25. The molecule has 0 saturated heterocycles. The summed E-state index contributed by atoms with van der Waals surface area (Å²) >= 11 is 1.29. The molecular weight excluding hydrogens is 204 g/mol. The number of fused-ring (bicyclic) bond motifs is 1. The normalized spacial score (nSPS) is 13.8. The van der Waals surface area contributed by atoms with E-state index in [1.165, 1.54) is 11.3 Å². The van der Waals surface area contributed by atoms with Crippen LogP contribution in [0, 0.1) is 0 Å². The van der Waals surface area contributed by atoms with Crippen LogP contribution in [-0.4, -0.2) is 25.8 Å². The first-order chi connectivity index (χ1) is 6.83. The molecule has 2 rings (SSSR count). The molecule has 0 fully saturated rings. The third kappa shape index (κ3) is 1.55. The summed E-state index contributed by atoms with van der Waals surface area (Å²) in [5.74, 6) is 0.827. The van der Waals surface area contributed by atoms with E-state index in [9.17, 15) is 4.79 Å². The Bertz CT molecular complexity index is 345. The van der Waals surface area contributed by atoms with Gasteiger partial charge in [-0.1, -0.05) is 0 Å². The standard InChI is InChI=1S/C9H10O4S/c1-2-11-9(10)8-7-6(5-14-8)12-3-4-13-7/h5H,2-4H2,1H3. The Morgan fingerprint density at radius 3 is 3.14 bits per heavy atom. The van der Waals surface area contributed by atoms with Crippen molar-refractivity contribution in [1.82, 2.24) is 0 Å². The fraction of sp³-hybridized carbons (Fsp3) is 0.444. The van der Waals surface area contributed by atoms with Crippen LogP contribution in [0.5, 0.6) is 11.5 Å². The number of hydrogen-bond acceptors (Lipinski definition) is 5. The van der Waals surface area contributed by atoms with Gasteiger partial charge in [-0.05, 0) is 6.92 Å². The maximum atomic E-state index is 11.4. The molecule has 0 unspecified atom stereocenters. The second-order valence-corrected chi connectivity index (χ2v) is 3.56. The zero-order valence-corrected chi connectivity index (χ0v) is 8.56. The second kappa shape index (κ2) is 3.88. The highest BCUT2D eigenvalue weighted by Gasteiger charge is 2.23. The van der Waals surface area contributed by atoms with Crippen molar-refractivity contribution in [2.45, 2.75) is 6.92 Å². The first-order valence-electron chi connectivity index (χ1n) is 4.37. The number of thiophene rings is 1. The molecule has 1 aliphatic rings. The molecule has 0 atom stereocenters. The van der Waals surface area contributed by atoms with E-state index in [0.717, 1.165) is 0 Å². The summed E-state index contributed by atoms with van der Waals surface area (Å²) in [7, 11) is 0. The summed E-state index contributed by atoms with van der Waals surface area (Å²) in [5.41, 5.74) is 0. The zero-order chi connectivity index (χ0) is 9.97. The van der Waals surface area contributed by atoms with Gasteiger partial charge in [-0.3, -0.25) is 0 Å². The van der Waals surface area contributed by atoms with Crippen molar-refractivity contribution in [3.05, 3.63) is 10.3 Å². The molecule has 0 spiro atoms. The van der Waals surface area contributed by atoms with Crippen molar-refractivity contribution in [3.63, 3.8) is 0 Å². The van der Waals surface area contributed by atoms with Gasteiger partial charge in [0.05, 0.1) is 6.61 Å². The predicted octanol–water partition coefficient (Wildman–Crippen LogP) is 1.70. The molecule has 0 saturated carbocycles. The first kappa shape index (κ1) is 9.33. The highest BCUT2D eigenvalue weighted by Crippen LogP contribution is 2.39. The number of esters is 1. The minimum atomic E-state index is -0.343. The average molecular weight is 214 g/mol. The summed E-state index contributed by atoms with van der Waals surface area (Å²) in [6.07, 6.45) is 0. The molecule has 0 amide bonds. The third-order valence-electron chi connectivity index (χ3n) is 1.76. The van der Waals surface area contributed by atoms with E-state index < -0.39 is 0 Å². The Labute approximate surface area is 85.4 Å². The lowest BCUT2D eigenvalue weighted by molar-refractivity contribution is 0.0524. The van der Waals surface area contributed by atoms with Crippen molar-refractivity contribution in [2.75, 3.05) is 19.8 Å². The molecule has 1 aromatic rings. The molecule has 1 aromatic heterocycles. The number of rotatable bonds is 2. The van der Waals surface area contributed by atoms with Crippen molar-refractivity contribution >= 4 is 17.3 Å².